The standard InChI is InChI=1S/C12H14ClNO4/c1-12(2,10(15)16)7-18-11(17)14-9-5-3-4-8(13)6-9/h3-6H,7H2,1-2H3,(H,14,17)(H,15,16). The van der Waals surface area contributed by atoms with Crippen LogP contribution in [0, 0.1) is 5.41 Å². The molecule has 5 nitrogen and oxygen atoms in total. The molecule has 0 spiro atoms. The van der Waals surface area contributed by atoms with Crippen molar-refractivity contribution in [1.29, 1.82) is 0 Å². The van der Waals surface area contributed by atoms with E-state index >= 15 is 0 Å². The highest BCUT2D eigenvalue weighted by atomic mass is 35.5. The summed E-state index contributed by atoms with van der Waals surface area (Å²) in [4.78, 5) is 22.2. The van der Waals surface area contributed by atoms with Crippen LogP contribution in [0.25, 0.3) is 0 Å². The summed E-state index contributed by atoms with van der Waals surface area (Å²) in [5.41, 5.74) is -0.633. The number of anilines is 1. The maximum Gasteiger partial charge on any atom is 0.411 e. The Hall–Kier alpha value is -1.75. The lowest BCUT2D eigenvalue weighted by Crippen LogP contribution is -2.31. The third kappa shape index (κ3) is 4.25. The Bertz CT molecular complexity index is 459. The van der Waals surface area contributed by atoms with Gasteiger partial charge in [0.05, 0.1) is 5.41 Å². The van der Waals surface area contributed by atoms with Crippen LogP contribution in [-0.2, 0) is 9.53 Å². The number of hydrogen-bond donors (Lipinski definition) is 2. The molecule has 18 heavy (non-hydrogen) atoms. The summed E-state index contributed by atoms with van der Waals surface area (Å²) in [6, 6.07) is 6.56. The van der Waals surface area contributed by atoms with Crippen molar-refractivity contribution < 1.29 is 19.4 Å². The molecule has 0 fully saturated rings. The molecule has 6 heteroatoms. The number of halogens is 1. The Morgan fingerprint density at radius 1 is 1.44 bits per heavy atom. The lowest BCUT2D eigenvalue weighted by Gasteiger charge is -2.18. The van der Waals surface area contributed by atoms with E-state index in [1.165, 1.54) is 13.8 Å². The van der Waals surface area contributed by atoms with Crippen LogP contribution in [0.3, 0.4) is 0 Å². The van der Waals surface area contributed by atoms with Crippen molar-refractivity contribution in [3.63, 3.8) is 0 Å². The van der Waals surface area contributed by atoms with Gasteiger partial charge in [0.1, 0.15) is 6.61 Å². The predicted molar refractivity (Wildman–Crippen MR) is 67.8 cm³/mol. The third-order valence-corrected chi connectivity index (χ3v) is 2.45. The summed E-state index contributed by atoms with van der Waals surface area (Å²) in [5.74, 6) is -1.03. The van der Waals surface area contributed by atoms with Gasteiger partial charge in [-0.3, -0.25) is 10.1 Å². The highest BCUT2D eigenvalue weighted by Gasteiger charge is 2.29. The number of ether oxygens (including phenoxy) is 1. The smallest absolute Gasteiger partial charge is 0.411 e. The largest absolute Gasteiger partial charge is 0.481 e. The summed E-state index contributed by atoms with van der Waals surface area (Å²) in [6.45, 7) is 2.73. The molecule has 0 saturated carbocycles. The summed E-state index contributed by atoms with van der Waals surface area (Å²) in [7, 11) is 0. The Balaban J connectivity index is 2.50. The molecule has 0 aliphatic carbocycles. The monoisotopic (exact) mass is 271 g/mol. The van der Waals surface area contributed by atoms with E-state index in [0.717, 1.165) is 0 Å². The van der Waals surface area contributed by atoms with Gasteiger partial charge < -0.3 is 9.84 Å². The fourth-order valence-corrected chi connectivity index (χ4v) is 1.22. The number of carbonyl (C=O) groups is 2. The zero-order valence-corrected chi connectivity index (χ0v) is 10.8. The lowest BCUT2D eigenvalue weighted by atomic mass is 9.95. The van der Waals surface area contributed by atoms with Gasteiger partial charge >= 0.3 is 12.1 Å². The van der Waals surface area contributed by atoms with Gasteiger partial charge in [0.15, 0.2) is 0 Å². The van der Waals surface area contributed by atoms with Gasteiger partial charge in [-0.1, -0.05) is 17.7 Å². The van der Waals surface area contributed by atoms with E-state index in [1.54, 1.807) is 24.3 Å². The number of amides is 1. The molecule has 0 radical (unpaired) electrons. The molecular weight excluding hydrogens is 258 g/mol. The molecule has 0 heterocycles. The molecule has 0 atom stereocenters. The highest BCUT2D eigenvalue weighted by Crippen LogP contribution is 2.17. The van der Waals surface area contributed by atoms with Crippen LogP contribution in [0.2, 0.25) is 5.02 Å². The van der Waals surface area contributed by atoms with Gasteiger partial charge in [-0.15, -0.1) is 0 Å². The topological polar surface area (TPSA) is 75.6 Å². The molecule has 0 aliphatic heterocycles. The minimum atomic E-state index is -1.12. The van der Waals surface area contributed by atoms with Gasteiger partial charge in [0.25, 0.3) is 0 Å². The minimum Gasteiger partial charge on any atom is -0.481 e. The average Bonchev–Trinajstić information content (AvgIpc) is 2.26. The molecule has 0 aliphatic rings. The first-order chi connectivity index (χ1) is 8.31. The normalized spacial score (nSPS) is 10.8. The van der Waals surface area contributed by atoms with Crippen molar-refractivity contribution in [3.8, 4) is 0 Å². The fourth-order valence-electron chi connectivity index (χ4n) is 1.03. The van der Waals surface area contributed by atoms with Crippen LogP contribution < -0.4 is 5.32 Å². The van der Waals surface area contributed by atoms with Gasteiger partial charge in [-0.2, -0.15) is 0 Å². The first-order valence-corrected chi connectivity index (χ1v) is 5.62. The first-order valence-electron chi connectivity index (χ1n) is 5.24. The Kier molecular flexibility index (Phi) is 4.55. The van der Waals surface area contributed by atoms with Gasteiger partial charge in [0, 0.05) is 10.7 Å². The Morgan fingerprint density at radius 3 is 2.67 bits per heavy atom. The maximum atomic E-state index is 11.4. The number of carboxylic acids is 1. The Morgan fingerprint density at radius 2 is 2.11 bits per heavy atom. The maximum absolute atomic E-state index is 11.4. The molecular formula is C12H14ClNO4. The lowest BCUT2D eigenvalue weighted by molar-refractivity contribution is -0.148. The molecule has 1 aromatic rings. The van der Waals surface area contributed by atoms with Crippen LogP contribution in [0.5, 0.6) is 0 Å². The van der Waals surface area contributed by atoms with E-state index in [4.69, 9.17) is 21.4 Å². The van der Waals surface area contributed by atoms with E-state index in [0.29, 0.717) is 10.7 Å². The SMILES string of the molecule is CC(C)(COC(=O)Nc1cccc(Cl)c1)C(=O)O. The molecule has 98 valence electrons. The summed E-state index contributed by atoms with van der Waals surface area (Å²) in [5, 5.41) is 11.8. The number of hydrogen-bond acceptors (Lipinski definition) is 3. The molecule has 2 N–H and O–H groups in total. The number of benzene rings is 1. The zero-order chi connectivity index (χ0) is 13.8. The first kappa shape index (κ1) is 14.3. The van der Waals surface area contributed by atoms with E-state index < -0.39 is 17.5 Å². The minimum absolute atomic E-state index is 0.214. The summed E-state index contributed by atoms with van der Waals surface area (Å²) in [6.07, 6.45) is -0.716. The summed E-state index contributed by atoms with van der Waals surface area (Å²) < 4.78 is 4.84. The number of carbonyl (C=O) groups excluding carboxylic acids is 1. The number of aliphatic carboxylic acids is 1. The highest BCUT2D eigenvalue weighted by molar-refractivity contribution is 6.30. The number of nitrogens with one attached hydrogen (secondary N) is 1. The van der Waals surface area contributed by atoms with E-state index in [2.05, 4.69) is 5.32 Å². The summed E-state index contributed by atoms with van der Waals surface area (Å²) >= 11 is 5.75. The molecule has 0 aromatic heterocycles. The van der Waals surface area contributed by atoms with Gasteiger partial charge in [0.2, 0.25) is 0 Å². The second-order valence-electron chi connectivity index (χ2n) is 4.40. The third-order valence-electron chi connectivity index (χ3n) is 2.21. The van der Waals surface area contributed by atoms with Gasteiger partial charge in [-0.05, 0) is 32.0 Å². The van der Waals surface area contributed by atoms with E-state index in [9.17, 15) is 9.59 Å². The fraction of sp³-hybridized carbons (Fsp3) is 0.333. The zero-order valence-electron chi connectivity index (χ0n) is 10.1. The number of rotatable bonds is 4. The van der Waals surface area contributed by atoms with Crippen molar-refractivity contribution in [2.75, 3.05) is 11.9 Å². The quantitative estimate of drug-likeness (QED) is 0.883. The van der Waals surface area contributed by atoms with Crippen LogP contribution in [0.15, 0.2) is 24.3 Å². The molecule has 1 aromatic carbocycles. The second kappa shape index (κ2) is 5.73. The van der Waals surface area contributed by atoms with Crippen LogP contribution in [0.4, 0.5) is 10.5 Å². The Labute approximate surface area is 110 Å². The molecule has 1 rings (SSSR count). The molecule has 1 amide bonds. The van der Waals surface area contributed by atoms with Crippen molar-refractivity contribution >= 4 is 29.4 Å². The van der Waals surface area contributed by atoms with Crippen LogP contribution in [0.1, 0.15) is 13.8 Å². The molecule has 0 unspecified atom stereocenters. The second-order valence-corrected chi connectivity index (χ2v) is 4.84. The molecule has 0 bridgehead atoms. The van der Waals surface area contributed by atoms with Crippen molar-refractivity contribution in [2.24, 2.45) is 5.41 Å². The van der Waals surface area contributed by atoms with Crippen molar-refractivity contribution in [3.05, 3.63) is 29.3 Å². The molecule has 0 saturated heterocycles. The number of carboxylic acid groups (broad SMARTS) is 1. The average molecular weight is 272 g/mol. The van der Waals surface area contributed by atoms with Crippen LogP contribution in [-0.4, -0.2) is 23.8 Å². The van der Waals surface area contributed by atoms with Crippen molar-refractivity contribution in [1.82, 2.24) is 0 Å². The van der Waals surface area contributed by atoms with E-state index in [1.807, 2.05) is 0 Å². The predicted octanol–water partition coefficient (Wildman–Crippen LogP) is 3.00. The van der Waals surface area contributed by atoms with Crippen molar-refractivity contribution in [2.45, 2.75) is 13.8 Å². The van der Waals surface area contributed by atoms with E-state index in [-0.39, 0.29) is 6.61 Å². The van der Waals surface area contributed by atoms with Gasteiger partial charge in [-0.25, -0.2) is 4.79 Å². The van der Waals surface area contributed by atoms with Crippen LogP contribution >= 0.6 is 11.6 Å².